The van der Waals surface area contributed by atoms with Crippen LogP contribution in [0.2, 0.25) is 5.02 Å². The highest BCUT2D eigenvalue weighted by Gasteiger charge is 2.08. The smallest absolute Gasteiger partial charge is 0.224 e. The van der Waals surface area contributed by atoms with E-state index in [-0.39, 0.29) is 5.78 Å². The molecule has 0 N–H and O–H groups in total. The van der Waals surface area contributed by atoms with Crippen LogP contribution in [-0.2, 0) is 6.61 Å². The second kappa shape index (κ2) is 5.65. The summed E-state index contributed by atoms with van der Waals surface area (Å²) < 4.78 is 5.55. The Kier molecular flexibility index (Phi) is 3.95. The Morgan fingerprint density at radius 2 is 2.00 bits per heavy atom. The summed E-state index contributed by atoms with van der Waals surface area (Å²) in [5, 5.41) is 0.681. The van der Waals surface area contributed by atoms with Crippen molar-refractivity contribution >= 4 is 17.4 Å². The molecule has 1 aromatic heterocycles. The van der Waals surface area contributed by atoms with Crippen LogP contribution >= 0.6 is 11.6 Å². The number of carbonyl (C=O) groups is 1. The lowest BCUT2D eigenvalue weighted by Gasteiger charge is -2.08. The van der Waals surface area contributed by atoms with Crippen molar-refractivity contribution in [2.24, 2.45) is 0 Å². The first-order valence-corrected chi connectivity index (χ1v) is 5.88. The normalized spacial score (nSPS) is 10.1. The molecule has 1 aromatic carbocycles. The van der Waals surface area contributed by atoms with Gasteiger partial charge in [-0.05, 0) is 36.8 Å². The lowest BCUT2D eigenvalue weighted by atomic mass is 10.2. The summed E-state index contributed by atoms with van der Waals surface area (Å²) in [6.45, 7) is 1.85. The molecule has 0 radical (unpaired) electrons. The van der Waals surface area contributed by atoms with Crippen molar-refractivity contribution in [1.82, 2.24) is 4.98 Å². The van der Waals surface area contributed by atoms with Crippen LogP contribution in [0.25, 0.3) is 0 Å². The molecule has 0 aliphatic carbocycles. The predicted molar refractivity (Wildman–Crippen MR) is 70.0 cm³/mol. The molecular weight excluding hydrogens is 250 g/mol. The van der Waals surface area contributed by atoms with E-state index >= 15 is 0 Å². The van der Waals surface area contributed by atoms with Gasteiger partial charge in [-0.25, -0.2) is 4.98 Å². The van der Waals surface area contributed by atoms with Gasteiger partial charge in [-0.3, -0.25) is 4.79 Å². The van der Waals surface area contributed by atoms with E-state index in [1.54, 1.807) is 30.5 Å². The third-order valence-corrected chi connectivity index (χ3v) is 2.69. The fraction of sp³-hybridized carbons (Fsp3) is 0.143. The van der Waals surface area contributed by atoms with Crippen molar-refractivity contribution in [3.63, 3.8) is 0 Å². The lowest BCUT2D eigenvalue weighted by molar-refractivity contribution is 0.101. The fourth-order valence-corrected chi connectivity index (χ4v) is 1.63. The van der Waals surface area contributed by atoms with Crippen LogP contribution in [-0.4, -0.2) is 10.8 Å². The molecule has 0 amide bonds. The summed E-state index contributed by atoms with van der Waals surface area (Å²) in [6.07, 6.45) is 1.60. The minimum absolute atomic E-state index is 0.0609. The average Bonchev–Trinajstić information content (AvgIpc) is 2.38. The highest BCUT2D eigenvalue weighted by molar-refractivity contribution is 6.30. The number of ketones is 1. The van der Waals surface area contributed by atoms with Crippen molar-refractivity contribution in [3.05, 3.63) is 58.7 Å². The Hall–Kier alpha value is -1.87. The number of carbonyl (C=O) groups excluding carboxylic acids is 1. The summed E-state index contributed by atoms with van der Waals surface area (Å²) in [7, 11) is 0. The topological polar surface area (TPSA) is 39.2 Å². The Labute approximate surface area is 110 Å². The molecule has 92 valence electrons. The van der Waals surface area contributed by atoms with Gasteiger partial charge >= 0.3 is 0 Å². The molecule has 18 heavy (non-hydrogen) atoms. The molecular formula is C14H12ClNO2. The van der Waals surface area contributed by atoms with Crippen LogP contribution in [0.3, 0.4) is 0 Å². The van der Waals surface area contributed by atoms with Gasteiger partial charge in [-0.2, -0.15) is 0 Å². The van der Waals surface area contributed by atoms with E-state index in [4.69, 9.17) is 16.3 Å². The molecule has 0 unspecified atom stereocenters. The first-order valence-electron chi connectivity index (χ1n) is 5.50. The van der Waals surface area contributed by atoms with Gasteiger partial charge in [0.1, 0.15) is 6.61 Å². The van der Waals surface area contributed by atoms with Gasteiger partial charge in [0.2, 0.25) is 5.88 Å². The highest BCUT2D eigenvalue weighted by atomic mass is 35.5. The SMILES string of the molecule is CC(=O)c1cccnc1OCc1ccc(Cl)cc1. The molecule has 0 atom stereocenters. The molecule has 1 heterocycles. The Balaban J connectivity index is 2.10. The molecule has 3 nitrogen and oxygen atoms in total. The minimum Gasteiger partial charge on any atom is -0.472 e. The standard InChI is InChI=1S/C14H12ClNO2/c1-10(17)13-3-2-8-16-14(13)18-9-11-4-6-12(15)7-5-11/h2-8H,9H2,1H3. The van der Waals surface area contributed by atoms with Crippen LogP contribution in [0.1, 0.15) is 22.8 Å². The number of nitrogens with zero attached hydrogens (tertiary/aromatic N) is 1. The summed E-state index contributed by atoms with van der Waals surface area (Å²) in [5.41, 5.74) is 1.46. The van der Waals surface area contributed by atoms with Crippen LogP contribution in [0.4, 0.5) is 0 Å². The van der Waals surface area contributed by atoms with E-state index in [0.717, 1.165) is 5.56 Å². The fourth-order valence-electron chi connectivity index (χ4n) is 1.51. The number of hydrogen-bond donors (Lipinski definition) is 0. The third kappa shape index (κ3) is 3.08. The molecule has 0 spiro atoms. The van der Waals surface area contributed by atoms with Gasteiger partial charge < -0.3 is 4.74 Å². The number of benzene rings is 1. The summed E-state index contributed by atoms with van der Waals surface area (Å²) in [4.78, 5) is 15.4. The molecule has 0 aliphatic heterocycles. The summed E-state index contributed by atoms with van der Waals surface area (Å²) in [6, 6.07) is 10.8. The number of ether oxygens (including phenoxy) is 1. The van der Waals surface area contributed by atoms with E-state index < -0.39 is 0 Å². The zero-order chi connectivity index (χ0) is 13.0. The Bertz CT molecular complexity index is 552. The van der Waals surface area contributed by atoms with E-state index in [1.807, 2.05) is 12.1 Å². The Morgan fingerprint density at radius 3 is 2.67 bits per heavy atom. The maximum Gasteiger partial charge on any atom is 0.224 e. The molecule has 4 heteroatoms. The molecule has 0 saturated carbocycles. The number of pyridine rings is 1. The zero-order valence-electron chi connectivity index (χ0n) is 9.89. The van der Waals surface area contributed by atoms with Gasteiger partial charge in [0.05, 0.1) is 5.56 Å². The van der Waals surface area contributed by atoms with Crippen LogP contribution in [0.15, 0.2) is 42.6 Å². The van der Waals surface area contributed by atoms with Gasteiger partial charge in [-0.15, -0.1) is 0 Å². The number of rotatable bonds is 4. The highest BCUT2D eigenvalue weighted by Crippen LogP contribution is 2.17. The maximum absolute atomic E-state index is 11.4. The second-order valence-corrected chi connectivity index (χ2v) is 4.26. The number of aromatic nitrogens is 1. The predicted octanol–water partition coefficient (Wildman–Crippen LogP) is 3.52. The lowest BCUT2D eigenvalue weighted by Crippen LogP contribution is -2.03. The summed E-state index contributed by atoms with van der Waals surface area (Å²) >= 11 is 5.80. The zero-order valence-corrected chi connectivity index (χ0v) is 10.6. The molecule has 0 fully saturated rings. The first-order chi connectivity index (χ1) is 8.66. The number of hydrogen-bond acceptors (Lipinski definition) is 3. The van der Waals surface area contributed by atoms with E-state index in [2.05, 4.69) is 4.98 Å². The van der Waals surface area contributed by atoms with Crippen molar-refractivity contribution < 1.29 is 9.53 Å². The van der Waals surface area contributed by atoms with E-state index in [0.29, 0.717) is 23.1 Å². The van der Waals surface area contributed by atoms with Crippen LogP contribution in [0.5, 0.6) is 5.88 Å². The molecule has 0 bridgehead atoms. The van der Waals surface area contributed by atoms with Crippen molar-refractivity contribution in [2.45, 2.75) is 13.5 Å². The number of Topliss-reactive ketones (excluding diaryl/α,β-unsaturated/α-hetero) is 1. The van der Waals surface area contributed by atoms with Crippen molar-refractivity contribution in [1.29, 1.82) is 0 Å². The van der Waals surface area contributed by atoms with E-state index in [1.165, 1.54) is 6.92 Å². The third-order valence-electron chi connectivity index (χ3n) is 2.44. The summed E-state index contributed by atoms with van der Waals surface area (Å²) in [5.74, 6) is 0.300. The first kappa shape index (κ1) is 12.6. The minimum atomic E-state index is -0.0609. The quantitative estimate of drug-likeness (QED) is 0.791. The largest absolute Gasteiger partial charge is 0.472 e. The van der Waals surface area contributed by atoms with Crippen LogP contribution < -0.4 is 4.74 Å². The van der Waals surface area contributed by atoms with Gasteiger partial charge in [0.25, 0.3) is 0 Å². The van der Waals surface area contributed by atoms with Crippen LogP contribution in [0, 0.1) is 0 Å². The van der Waals surface area contributed by atoms with Gasteiger partial charge in [0, 0.05) is 11.2 Å². The van der Waals surface area contributed by atoms with Crippen molar-refractivity contribution in [2.75, 3.05) is 0 Å². The molecule has 0 saturated heterocycles. The monoisotopic (exact) mass is 261 g/mol. The van der Waals surface area contributed by atoms with Gasteiger partial charge in [-0.1, -0.05) is 23.7 Å². The second-order valence-electron chi connectivity index (χ2n) is 3.83. The average molecular weight is 262 g/mol. The Morgan fingerprint density at radius 1 is 1.28 bits per heavy atom. The number of halogens is 1. The maximum atomic E-state index is 11.4. The van der Waals surface area contributed by atoms with E-state index in [9.17, 15) is 4.79 Å². The van der Waals surface area contributed by atoms with Crippen molar-refractivity contribution in [3.8, 4) is 5.88 Å². The van der Waals surface area contributed by atoms with Gasteiger partial charge in [0.15, 0.2) is 5.78 Å². The molecule has 2 aromatic rings. The molecule has 2 rings (SSSR count). The molecule has 0 aliphatic rings.